The van der Waals surface area contributed by atoms with Crippen LogP contribution in [0.5, 0.6) is 0 Å². The fourth-order valence-electron chi connectivity index (χ4n) is 4.80. The van der Waals surface area contributed by atoms with E-state index >= 15 is 0 Å². The second-order valence-corrected chi connectivity index (χ2v) is 12.7. The molecule has 3 aromatic carbocycles. The van der Waals surface area contributed by atoms with Crippen LogP contribution in [-0.4, -0.2) is 59.3 Å². The number of carbonyl (C=O) groups excluding carboxylic acids is 3. The van der Waals surface area contributed by atoms with Gasteiger partial charge in [0, 0.05) is 17.5 Å². The molecule has 8 heteroatoms. The maximum atomic E-state index is 13.9. The van der Waals surface area contributed by atoms with Gasteiger partial charge in [0.15, 0.2) is 0 Å². The number of aryl methyl sites for hydroxylation is 1. The normalized spacial score (nSPS) is 18.2. The van der Waals surface area contributed by atoms with E-state index in [0.29, 0.717) is 25.1 Å². The summed E-state index contributed by atoms with van der Waals surface area (Å²) in [5.74, 6) is -0.657. The summed E-state index contributed by atoms with van der Waals surface area (Å²) in [6, 6.07) is 28.0. The van der Waals surface area contributed by atoms with Gasteiger partial charge in [-0.1, -0.05) is 91.0 Å². The average Bonchev–Trinajstić information content (AvgIpc) is 3.13. The number of hydrogen-bond acceptors (Lipinski definition) is 7. The van der Waals surface area contributed by atoms with Gasteiger partial charge in [-0.15, -0.1) is 11.8 Å². The zero-order valence-electron chi connectivity index (χ0n) is 24.5. The minimum Gasteiger partial charge on any atom is -0.460 e. The summed E-state index contributed by atoms with van der Waals surface area (Å²) < 4.78 is 11.3. The Bertz CT molecular complexity index is 1300. The molecule has 222 valence electrons. The molecular weight excluding hydrogens is 548 g/mol. The van der Waals surface area contributed by atoms with E-state index in [1.54, 1.807) is 37.4 Å². The number of ether oxygens (including phenoxy) is 2. The summed E-state index contributed by atoms with van der Waals surface area (Å²) in [6.45, 7) is 5.77. The molecule has 1 aliphatic heterocycles. The molecule has 1 heterocycles. The minimum atomic E-state index is -0.708. The molecule has 1 aliphatic rings. The van der Waals surface area contributed by atoms with Gasteiger partial charge in [-0.3, -0.25) is 19.7 Å². The van der Waals surface area contributed by atoms with Crippen LogP contribution in [-0.2, 0) is 36.9 Å². The SMILES string of the molecule is CC(C)(C)OC(=O)CN1CC(c2ccccc2)SCC(NC(CCc2ccccc2)C(=O)OCc2ccccc2)C1=O. The number of amides is 1. The van der Waals surface area contributed by atoms with Crippen LogP contribution in [0.1, 0.15) is 49.1 Å². The lowest BCUT2D eigenvalue weighted by molar-refractivity contribution is -0.159. The summed E-state index contributed by atoms with van der Waals surface area (Å²) in [5, 5.41) is 3.31. The van der Waals surface area contributed by atoms with Crippen molar-refractivity contribution < 1.29 is 23.9 Å². The lowest BCUT2D eigenvalue weighted by Crippen LogP contribution is -2.54. The topological polar surface area (TPSA) is 84.9 Å². The van der Waals surface area contributed by atoms with Crippen LogP contribution in [0.25, 0.3) is 0 Å². The fraction of sp³-hybridized carbons (Fsp3) is 0.382. The standard InChI is InChI=1S/C34H40N2O5S/c1-34(2,3)41-31(37)22-36-21-30(27-17-11-6-12-18-27)42-24-29(32(36)38)35-28(20-19-25-13-7-4-8-14-25)33(39)40-23-26-15-9-5-10-16-26/h4-18,28-30,35H,19-24H2,1-3H3. The molecule has 3 unspecified atom stereocenters. The highest BCUT2D eigenvalue weighted by molar-refractivity contribution is 7.99. The Labute approximate surface area is 253 Å². The Morgan fingerprint density at radius 3 is 2.14 bits per heavy atom. The second-order valence-electron chi connectivity index (χ2n) is 11.4. The van der Waals surface area contributed by atoms with Gasteiger partial charge in [-0.25, -0.2) is 0 Å². The van der Waals surface area contributed by atoms with Crippen LogP contribution in [0.15, 0.2) is 91.0 Å². The Morgan fingerprint density at radius 2 is 1.52 bits per heavy atom. The molecule has 1 fully saturated rings. The van der Waals surface area contributed by atoms with E-state index in [2.05, 4.69) is 5.32 Å². The van der Waals surface area contributed by atoms with Crippen molar-refractivity contribution in [3.05, 3.63) is 108 Å². The molecule has 0 aromatic heterocycles. The van der Waals surface area contributed by atoms with Crippen molar-refractivity contribution in [1.82, 2.24) is 10.2 Å². The highest BCUT2D eigenvalue weighted by Crippen LogP contribution is 2.33. The number of esters is 2. The zero-order valence-corrected chi connectivity index (χ0v) is 25.3. The van der Waals surface area contributed by atoms with E-state index in [9.17, 15) is 14.4 Å². The van der Waals surface area contributed by atoms with Gasteiger partial charge in [0.2, 0.25) is 5.91 Å². The molecule has 3 atom stereocenters. The van der Waals surface area contributed by atoms with Crippen LogP contribution in [0.3, 0.4) is 0 Å². The molecule has 0 spiro atoms. The lowest BCUT2D eigenvalue weighted by atomic mass is 10.0. The number of nitrogens with zero attached hydrogens (tertiary/aromatic N) is 1. The number of carbonyl (C=O) groups is 3. The lowest BCUT2D eigenvalue weighted by Gasteiger charge is -2.29. The molecule has 4 rings (SSSR count). The fourth-order valence-corrected chi connectivity index (χ4v) is 6.10. The van der Waals surface area contributed by atoms with E-state index in [1.807, 2.05) is 91.0 Å². The Kier molecular flexibility index (Phi) is 11.2. The van der Waals surface area contributed by atoms with E-state index in [-0.39, 0.29) is 24.3 Å². The zero-order chi connectivity index (χ0) is 30.0. The maximum absolute atomic E-state index is 13.9. The summed E-state index contributed by atoms with van der Waals surface area (Å²) >= 11 is 1.64. The summed E-state index contributed by atoms with van der Waals surface area (Å²) in [7, 11) is 0. The van der Waals surface area contributed by atoms with Crippen molar-refractivity contribution in [2.45, 2.75) is 63.2 Å². The van der Waals surface area contributed by atoms with Gasteiger partial charge in [-0.05, 0) is 50.3 Å². The van der Waals surface area contributed by atoms with Gasteiger partial charge >= 0.3 is 11.9 Å². The van der Waals surface area contributed by atoms with Gasteiger partial charge in [0.05, 0.1) is 6.04 Å². The molecule has 1 amide bonds. The molecule has 0 radical (unpaired) electrons. The van der Waals surface area contributed by atoms with Crippen molar-refractivity contribution in [3.8, 4) is 0 Å². The first-order valence-corrected chi connectivity index (χ1v) is 15.4. The summed E-state index contributed by atoms with van der Waals surface area (Å²) in [6.07, 6.45) is 1.10. The van der Waals surface area contributed by atoms with Gasteiger partial charge in [0.1, 0.15) is 24.8 Å². The van der Waals surface area contributed by atoms with E-state index in [4.69, 9.17) is 9.47 Å². The van der Waals surface area contributed by atoms with Crippen molar-refractivity contribution in [1.29, 1.82) is 0 Å². The smallest absolute Gasteiger partial charge is 0.326 e. The largest absolute Gasteiger partial charge is 0.460 e. The summed E-state index contributed by atoms with van der Waals surface area (Å²) in [5.41, 5.74) is 2.40. The average molecular weight is 589 g/mol. The van der Waals surface area contributed by atoms with Crippen LogP contribution in [0.4, 0.5) is 0 Å². The molecule has 1 N–H and O–H groups in total. The van der Waals surface area contributed by atoms with E-state index in [1.165, 1.54) is 0 Å². The first-order chi connectivity index (χ1) is 20.2. The third kappa shape index (κ3) is 9.74. The van der Waals surface area contributed by atoms with Crippen LogP contribution >= 0.6 is 11.8 Å². The predicted octanol–water partition coefficient (Wildman–Crippen LogP) is 5.35. The van der Waals surface area contributed by atoms with Crippen LogP contribution < -0.4 is 5.32 Å². The van der Waals surface area contributed by atoms with Crippen molar-refractivity contribution in [2.24, 2.45) is 0 Å². The molecule has 0 bridgehead atoms. The van der Waals surface area contributed by atoms with E-state index in [0.717, 1.165) is 16.7 Å². The van der Waals surface area contributed by atoms with Crippen molar-refractivity contribution >= 4 is 29.6 Å². The molecule has 7 nitrogen and oxygen atoms in total. The monoisotopic (exact) mass is 588 g/mol. The first kappa shape index (κ1) is 31.3. The number of nitrogens with one attached hydrogen (secondary N) is 1. The number of benzene rings is 3. The third-order valence-corrected chi connectivity index (χ3v) is 8.20. The molecule has 3 aromatic rings. The van der Waals surface area contributed by atoms with Crippen molar-refractivity contribution in [3.63, 3.8) is 0 Å². The van der Waals surface area contributed by atoms with Crippen LogP contribution in [0.2, 0.25) is 0 Å². The Morgan fingerprint density at radius 1 is 0.929 bits per heavy atom. The highest BCUT2D eigenvalue weighted by atomic mass is 32.2. The molecule has 42 heavy (non-hydrogen) atoms. The Balaban J connectivity index is 1.53. The minimum absolute atomic E-state index is 0.0304. The Hall–Kier alpha value is -3.62. The molecule has 0 saturated carbocycles. The highest BCUT2D eigenvalue weighted by Gasteiger charge is 2.36. The molecule has 0 aliphatic carbocycles. The molecule has 1 saturated heterocycles. The van der Waals surface area contributed by atoms with Gasteiger partial charge in [-0.2, -0.15) is 0 Å². The van der Waals surface area contributed by atoms with Gasteiger partial charge < -0.3 is 14.4 Å². The quantitative estimate of drug-likeness (QED) is 0.303. The van der Waals surface area contributed by atoms with Gasteiger partial charge in [0.25, 0.3) is 0 Å². The van der Waals surface area contributed by atoms with Crippen LogP contribution in [0, 0.1) is 0 Å². The van der Waals surface area contributed by atoms with Crippen molar-refractivity contribution in [2.75, 3.05) is 18.8 Å². The predicted molar refractivity (Wildman–Crippen MR) is 166 cm³/mol. The molecular formula is C34H40N2O5S. The maximum Gasteiger partial charge on any atom is 0.326 e. The third-order valence-electron chi connectivity index (χ3n) is 6.85. The number of rotatable bonds is 11. The van der Waals surface area contributed by atoms with E-state index < -0.39 is 29.6 Å². The second kappa shape index (κ2) is 15.0. The summed E-state index contributed by atoms with van der Waals surface area (Å²) in [4.78, 5) is 41.7. The number of hydrogen-bond donors (Lipinski definition) is 1. The number of thioether (sulfide) groups is 1. The first-order valence-electron chi connectivity index (χ1n) is 14.4.